The van der Waals surface area contributed by atoms with Crippen LogP contribution in [-0.4, -0.2) is 87.7 Å². The van der Waals surface area contributed by atoms with Gasteiger partial charge in [0, 0.05) is 31.5 Å². The minimum absolute atomic E-state index is 0.0289. The highest BCUT2D eigenvalue weighted by molar-refractivity contribution is 5.96. The number of ether oxygens (including phenoxy) is 1. The molecule has 5 atom stereocenters. The Labute approximate surface area is 269 Å². The number of allylic oxidation sites excluding steroid dienone is 1. The fourth-order valence-electron chi connectivity index (χ4n) is 7.47. The number of rotatable bonds is 4. The second-order valence-electron chi connectivity index (χ2n) is 13.5. The third-order valence-electron chi connectivity index (χ3n) is 10.3. The molecule has 2 saturated carbocycles. The number of carbonyl (C=O) groups is 5. The molecule has 6 rings (SSSR count). The van der Waals surface area contributed by atoms with Crippen molar-refractivity contribution in [1.29, 1.82) is 0 Å². The molecule has 1 aromatic rings. The number of amides is 5. The van der Waals surface area contributed by atoms with Crippen LogP contribution < -0.4 is 16.0 Å². The lowest BCUT2D eigenvalue weighted by molar-refractivity contribution is -0.145. The predicted molar refractivity (Wildman–Crippen MR) is 167 cm³/mol. The van der Waals surface area contributed by atoms with Crippen molar-refractivity contribution in [2.45, 2.75) is 113 Å². The Balaban J connectivity index is 1.20. The van der Waals surface area contributed by atoms with E-state index in [0.29, 0.717) is 32.4 Å². The summed E-state index contributed by atoms with van der Waals surface area (Å²) in [5.74, 6) is -2.49. The lowest BCUT2D eigenvalue weighted by Crippen LogP contribution is -2.57. The number of carboxylic acids is 1. The maximum atomic E-state index is 14.2. The van der Waals surface area contributed by atoms with Gasteiger partial charge in [0.1, 0.15) is 23.7 Å². The van der Waals surface area contributed by atoms with Crippen LogP contribution in [0.25, 0.3) is 0 Å². The molecule has 248 valence electrons. The molecule has 0 radical (unpaired) electrons. The topological polar surface area (TPSA) is 157 Å². The first-order chi connectivity index (χ1) is 22.2. The van der Waals surface area contributed by atoms with Crippen LogP contribution in [0.2, 0.25) is 0 Å². The van der Waals surface area contributed by atoms with Crippen molar-refractivity contribution in [2.24, 2.45) is 5.92 Å². The number of carbonyl (C=O) groups excluding carboxylic acids is 4. The highest BCUT2D eigenvalue weighted by Gasteiger charge is 2.61. The van der Waals surface area contributed by atoms with Gasteiger partial charge in [0.25, 0.3) is 0 Å². The summed E-state index contributed by atoms with van der Waals surface area (Å²) in [5, 5.41) is 18.7. The summed E-state index contributed by atoms with van der Waals surface area (Å²) < 4.78 is 5.91. The zero-order valence-corrected chi connectivity index (χ0v) is 26.2. The minimum atomic E-state index is -1.43. The number of urea groups is 1. The van der Waals surface area contributed by atoms with E-state index in [4.69, 9.17) is 4.74 Å². The van der Waals surface area contributed by atoms with E-state index in [1.54, 1.807) is 4.90 Å². The van der Waals surface area contributed by atoms with Crippen molar-refractivity contribution in [1.82, 2.24) is 25.8 Å². The molecular formula is C34H45N5O7. The maximum Gasteiger partial charge on any atom is 0.410 e. The van der Waals surface area contributed by atoms with Gasteiger partial charge in [-0.15, -0.1) is 0 Å². The molecule has 3 heterocycles. The molecule has 3 aliphatic heterocycles. The van der Waals surface area contributed by atoms with Crippen molar-refractivity contribution in [3.8, 4) is 0 Å². The number of fused-ring (bicyclic) bond motifs is 3. The monoisotopic (exact) mass is 635 g/mol. The lowest BCUT2D eigenvalue weighted by atomic mass is 10.0. The van der Waals surface area contributed by atoms with E-state index in [2.05, 4.69) is 16.0 Å². The molecule has 4 N–H and O–H groups in total. The molecule has 0 spiro atoms. The average molecular weight is 636 g/mol. The molecule has 3 fully saturated rings. The Morgan fingerprint density at radius 1 is 0.978 bits per heavy atom. The van der Waals surface area contributed by atoms with E-state index >= 15 is 0 Å². The number of hydrogen-bond donors (Lipinski definition) is 4. The van der Waals surface area contributed by atoms with Crippen LogP contribution in [0.1, 0.15) is 81.8 Å². The molecule has 1 aromatic carbocycles. The number of carboxylic acid groups (broad SMARTS) is 1. The van der Waals surface area contributed by atoms with Crippen LogP contribution in [-0.2, 0) is 32.1 Å². The third kappa shape index (κ3) is 7.00. The van der Waals surface area contributed by atoms with Gasteiger partial charge in [0.05, 0.1) is 6.54 Å². The Hall–Kier alpha value is -4.09. The Morgan fingerprint density at radius 3 is 2.52 bits per heavy atom. The van der Waals surface area contributed by atoms with E-state index < -0.39 is 53.6 Å². The third-order valence-corrected chi connectivity index (χ3v) is 10.3. The van der Waals surface area contributed by atoms with Crippen LogP contribution in [0.3, 0.4) is 0 Å². The van der Waals surface area contributed by atoms with Crippen LogP contribution in [0.4, 0.5) is 9.59 Å². The zero-order valence-electron chi connectivity index (χ0n) is 26.2. The predicted octanol–water partition coefficient (Wildman–Crippen LogP) is 3.24. The van der Waals surface area contributed by atoms with Gasteiger partial charge in [-0.25, -0.2) is 14.4 Å². The number of benzene rings is 1. The van der Waals surface area contributed by atoms with Crippen molar-refractivity contribution >= 4 is 29.9 Å². The summed E-state index contributed by atoms with van der Waals surface area (Å²) >= 11 is 0. The van der Waals surface area contributed by atoms with Gasteiger partial charge in [-0.05, 0) is 56.1 Å². The lowest BCUT2D eigenvalue weighted by Gasteiger charge is -2.30. The van der Waals surface area contributed by atoms with Gasteiger partial charge in [-0.1, -0.05) is 62.1 Å². The first-order valence-electron chi connectivity index (χ1n) is 16.9. The zero-order chi connectivity index (χ0) is 32.3. The number of aliphatic carboxylic acids is 1. The molecule has 5 amide bonds. The summed E-state index contributed by atoms with van der Waals surface area (Å²) in [5.41, 5.74) is 0.810. The summed E-state index contributed by atoms with van der Waals surface area (Å²) in [4.78, 5) is 69.6. The van der Waals surface area contributed by atoms with Crippen molar-refractivity contribution in [3.05, 3.63) is 47.5 Å². The molecule has 12 nitrogen and oxygen atoms in total. The van der Waals surface area contributed by atoms with Gasteiger partial charge >= 0.3 is 18.1 Å². The van der Waals surface area contributed by atoms with E-state index in [9.17, 15) is 29.1 Å². The Kier molecular flexibility index (Phi) is 9.51. The quantitative estimate of drug-likeness (QED) is 0.370. The first-order valence-corrected chi connectivity index (χ1v) is 16.9. The molecule has 46 heavy (non-hydrogen) atoms. The summed E-state index contributed by atoms with van der Waals surface area (Å²) in [6.07, 6.45) is 11.0. The molecule has 1 saturated heterocycles. The van der Waals surface area contributed by atoms with Crippen LogP contribution >= 0.6 is 0 Å². The summed E-state index contributed by atoms with van der Waals surface area (Å²) in [6, 6.07) is 5.66. The normalized spacial score (nSPS) is 30.9. The van der Waals surface area contributed by atoms with Crippen molar-refractivity contribution < 1.29 is 33.8 Å². The largest absolute Gasteiger partial charge is 0.479 e. The second-order valence-corrected chi connectivity index (χ2v) is 13.5. The Bertz CT molecular complexity index is 1380. The minimum Gasteiger partial charge on any atom is -0.479 e. The smallest absolute Gasteiger partial charge is 0.410 e. The van der Waals surface area contributed by atoms with Crippen LogP contribution in [0, 0.1) is 5.92 Å². The molecule has 12 heteroatoms. The van der Waals surface area contributed by atoms with Crippen LogP contribution in [0.5, 0.6) is 0 Å². The fourth-order valence-corrected chi connectivity index (χ4v) is 7.47. The molecule has 0 aromatic heterocycles. The molecule has 0 bridgehead atoms. The van der Waals surface area contributed by atoms with Gasteiger partial charge < -0.3 is 35.6 Å². The van der Waals surface area contributed by atoms with Gasteiger partial charge in [-0.2, -0.15) is 0 Å². The van der Waals surface area contributed by atoms with Gasteiger partial charge in [0.2, 0.25) is 11.8 Å². The number of nitrogens with zero attached hydrogens (tertiary/aromatic N) is 2. The highest BCUT2D eigenvalue weighted by atomic mass is 16.6. The fraction of sp³-hybridized carbons (Fsp3) is 0.618. The number of nitrogens with one attached hydrogen (secondary N) is 3. The maximum absolute atomic E-state index is 14.2. The Morgan fingerprint density at radius 2 is 1.74 bits per heavy atom. The second kappa shape index (κ2) is 13.7. The summed E-state index contributed by atoms with van der Waals surface area (Å²) in [6.45, 7) is 0.874. The van der Waals surface area contributed by atoms with Gasteiger partial charge in [0.15, 0.2) is 0 Å². The SMILES string of the molecule is O=C(NC1CCCC1)N[C@H]1CCCCC/C=C\[C@@H]2C[C@@]2(C(=O)O)NC(=O)[C@@H]2C[C@@H](OC(=O)N3CCc4ccccc4C3)CN2C1=O. The van der Waals surface area contributed by atoms with Crippen molar-refractivity contribution in [2.75, 3.05) is 13.1 Å². The molecular weight excluding hydrogens is 590 g/mol. The van der Waals surface area contributed by atoms with E-state index in [1.807, 2.05) is 36.4 Å². The number of hydrogen-bond acceptors (Lipinski definition) is 6. The van der Waals surface area contributed by atoms with Crippen LogP contribution in [0.15, 0.2) is 36.4 Å². The van der Waals surface area contributed by atoms with E-state index in [0.717, 1.165) is 50.5 Å². The van der Waals surface area contributed by atoms with Crippen molar-refractivity contribution in [3.63, 3.8) is 0 Å². The standard InChI is InChI=1S/C34H45N5O7/c40-29-28-18-26(46-33(45)38-17-16-22-10-6-7-11-23(22)20-38)21-39(28)30(41)27(36-32(44)35-25-13-8-9-14-25)15-5-3-1-2-4-12-24-19-34(24,37-29)31(42)43/h4,6-7,10-12,24-28H,1-3,5,8-9,13-21H2,(H,37,40)(H,42,43)(H2,35,36,44)/b12-4-/t24-,26-,27+,28+,34-/m1/s1. The van der Waals surface area contributed by atoms with E-state index in [1.165, 1.54) is 10.5 Å². The average Bonchev–Trinajstić information content (AvgIpc) is 3.32. The molecule has 2 aliphatic carbocycles. The highest BCUT2D eigenvalue weighted by Crippen LogP contribution is 2.45. The summed E-state index contributed by atoms with van der Waals surface area (Å²) in [7, 11) is 0. The molecule has 5 aliphatic rings. The molecule has 0 unspecified atom stereocenters. The van der Waals surface area contributed by atoms with E-state index in [-0.39, 0.29) is 31.3 Å². The first kappa shape index (κ1) is 31.9. The van der Waals surface area contributed by atoms with Gasteiger partial charge in [-0.3, -0.25) is 9.59 Å².